The van der Waals surface area contributed by atoms with Crippen LogP contribution in [0.15, 0.2) is 30.3 Å². The number of halogens is 3. The Morgan fingerprint density at radius 1 is 0.906 bits per heavy atom. The average molecular weight is 448 g/mol. The van der Waals surface area contributed by atoms with Crippen LogP contribution in [-0.2, 0) is 17.4 Å². The van der Waals surface area contributed by atoms with Crippen LogP contribution in [0.25, 0.3) is 0 Å². The van der Waals surface area contributed by atoms with E-state index < -0.39 is 11.7 Å². The topological polar surface area (TPSA) is 52.6 Å². The summed E-state index contributed by atoms with van der Waals surface area (Å²) in [5.74, 6) is 1.58. The van der Waals surface area contributed by atoms with Gasteiger partial charge in [-0.15, -0.1) is 0 Å². The van der Waals surface area contributed by atoms with E-state index >= 15 is 0 Å². The third kappa shape index (κ3) is 5.31. The average Bonchev–Trinajstić information content (AvgIpc) is 2.79. The van der Waals surface area contributed by atoms with Crippen LogP contribution in [-0.4, -0.2) is 60.0 Å². The number of hydrogen-bond donors (Lipinski definition) is 0. The molecule has 0 bridgehead atoms. The maximum Gasteiger partial charge on any atom is 0.416 e. The first-order valence-electron chi connectivity index (χ1n) is 11.1. The van der Waals surface area contributed by atoms with Crippen molar-refractivity contribution in [3.63, 3.8) is 0 Å². The summed E-state index contributed by atoms with van der Waals surface area (Å²) in [6, 6.07) is 6.82. The highest BCUT2D eigenvalue weighted by atomic mass is 19.4. The number of anilines is 2. The lowest BCUT2D eigenvalue weighted by Crippen LogP contribution is -2.49. The largest absolute Gasteiger partial charge is 0.416 e. The van der Waals surface area contributed by atoms with Gasteiger partial charge in [0.25, 0.3) is 0 Å². The second-order valence-corrected chi connectivity index (χ2v) is 8.45. The molecule has 0 unspecified atom stereocenters. The second kappa shape index (κ2) is 9.34. The number of carbonyl (C=O) groups excluding carboxylic acids is 1. The molecule has 32 heavy (non-hydrogen) atoms. The molecule has 0 saturated carbocycles. The fraction of sp³-hybridized carbons (Fsp3) is 0.522. The molecule has 1 amide bonds. The van der Waals surface area contributed by atoms with Crippen LogP contribution in [0.4, 0.5) is 24.9 Å². The molecule has 2 aliphatic rings. The Hall–Kier alpha value is -2.84. The molecule has 172 valence electrons. The lowest BCUT2D eigenvalue weighted by atomic mass is 10.1. The van der Waals surface area contributed by atoms with Crippen molar-refractivity contribution in [3.05, 3.63) is 47.2 Å². The molecule has 0 atom stereocenters. The third-order valence-corrected chi connectivity index (χ3v) is 6.06. The smallest absolute Gasteiger partial charge is 0.356 e. The number of aromatic nitrogens is 2. The molecule has 2 aliphatic heterocycles. The Kier molecular flexibility index (Phi) is 6.53. The van der Waals surface area contributed by atoms with E-state index in [1.165, 1.54) is 31.4 Å². The van der Waals surface area contributed by atoms with Crippen molar-refractivity contribution in [2.45, 2.75) is 38.8 Å². The zero-order valence-corrected chi connectivity index (χ0v) is 18.2. The van der Waals surface area contributed by atoms with Crippen molar-refractivity contribution in [3.8, 4) is 0 Å². The number of rotatable bonds is 4. The van der Waals surface area contributed by atoms with E-state index in [0.717, 1.165) is 36.7 Å². The number of hydrogen-bond acceptors (Lipinski definition) is 5. The van der Waals surface area contributed by atoms with E-state index in [1.807, 2.05) is 13.0 Å². The van der Waals surface area contributed by atoms with Gasteiger partial charge >= 0.3 is 6.18 Å². The number of benzene rings is 1. The Labute approximate surface area is 186 Å². The minimum atomic E-state index is -4.37. The molecule has 1 aromatic carbocycles. The van der Waals surface area contributed by atoms with Crippen molar-refractivity contribution in [1.29, 1.82) is 0 Å². The van der Waals surface area contributed by atoms with E-state index in [4.69, 9.17) is 4.98 Å². The summed E-state index contributed by atoms with van der Waals surface area (Å²) in [5, 5.41) is 0. The quantitative estimate of drug-likeness (QED) is 0.716. The third-order valence-electron chi connectivity index (χ3n) is 6.06. The van der Waals surface area contributed by atoms with E-state index in [9.17, 15) is 18.0 Å². The van der Waals surface area contributed by atoms with Crippen molar-refractivity contribution < 1.29 is 18.0 Å². The number of alkyl halides is 3. The number of carbonyl (C=O) groups is 1. The number of piperazine rings is 1. The minimum Gasteiger partial charge on any atom is -0.356 e. The van der Waals surface area contributed by atoms with E-state index in [-0.39, 0.29) is 12.3 Å². The predicted octanol–water partition coefficient (Wildman–Crippen LogP) is 3.69. The van der Waals surface area contributed by atoms with Crippen LogP contribution in [0.2, 0.25) is 0 Å². The number of amides is 1. The molecule has 0 radical (unpaired) electrons. The van der Waals surface area contributed by atoms with Gasteiger partial charge in [-0.05, 0) is 43.9 Å². The van der Waals surface area contributed by atoms with Gasteiger partial charge in [-0.1, -0.05) is 12.1 Å². The molecule has 6 nitrogen and oxygen atoms in total. The normalized spacial score (nSPS) is 17.6. The maximum absolute atomic E-state index is 12.7. The molecule has 0 spiro atoms. The van der Waals surface area contributed by atoms with Crippen molar-refractivity contribution in [1.82, 2.24) is 14.9 Å². The van der Waals surface area contributed by atoms with Crippen LogP contribution in [0.1, 0.15) is 36.1 Å². The summed E-state index contributed by atoms with van der Waals surface area (Å²) in [6.07, 6.45) is -0.658. The summed E-state index contributed by atoms with van der Waals surface area (Å²) in [5.41, 5.74) is 0.805. The second-order valence-electron chi connectivity index (χ2n) is 8.45. The van der Waals surface area contributed by atoms with Gasteiger partial charge in [0.2, 0.25) is 11.9 Å². The summed E-state index contributed by atoms with van der Waals surface area (Å²) < 4.78 is 38.1. The first-order valence-corrected chi connectivity index (χ1v) is 11.1. The standard InChI is InChI=1S/C23H28F3N5O/c1-17-15-20(29-9-3-2-4-10-29)28-22(27-17)31-13-11-30(12-14-31)21(32)16-18-5-7-19(8-6-18)23(24,25)26/h5-8,15H,2-4,9-14,16H2,1H3. The van der Waals surface area contributed by atoms with Crippen LogP contribution < -0.4 is 9.80 Å². The summed E-state index contributed by atoms with van der Waals surface area (Å²) in [7, 11) is 0. The molecule has 1 aromatic heterocycles. The van der Waals surface area contributed by atoms with Crippen molar-refractivity contribution in [2.75, 3.05) is 49.1 Å². The molecule has 3 heterocycles. The van der Waals surface area contributed by atoms with Gasteiger partial charge in [-0.2, -0.15) is 18.2 Å². The van der Waals surface area contributed by atoms with Crippen molar-refractivity contribution in [2.24, 2.45) is 0 Å². The van der Waals surface area contributed by atoms with Gasteiger partial charge in [0, 0.05) is 51.0 Å². The molecule has 0 N–H and O–H groups in total. The molecule has 4 rings (SSSR count). The van der Waals surface area contributed by atoms with Crippen LogP contribution in [0, 0.1) is 6.92 Å². The summed E-state index contributed by atoms with van der Waals surface area (Å²) in [4.78, 5) is 28.2. The number of nitrogens with zero attached hydrogens (tertiary/aromatic N) is 5. The zero-order valence-electron chi connectivity index (χ0n) is 18.2. The van der Waals surface area contributed by atoms with E-state index in [1.54, 1.807) is 4.90 Å². The van der Waals surface area contributed by atoms with Gasteiger partial charge in [0.05, 0.1) is 12.0 Å². The molecule has 9 heteroatoms. The maximum atomic E-state index is 12.7. The van der Waals surface area contributed by atoms with Crippen LogP contribution in [0.3, 0.4) is 0 Å². The van der Waals surface area contributed by atoms with Gasteiger partial charge in [0.15, 0.2) is 0 Å². The Morgan fingerprint density at radius 3 is 2.19 bits per heavy atom. The van der Waals surface area contributed by atoms with Crippen LogP contribution >= 0.6 is 0 Å². The minimum absolute atomic E-state index is 0.0800. The number of piperidine rings is 1. The molecule has 0 aliphatic carbocycles. The molecular formula is C23H28F3N5O. The molecule has 2 saturated heterocycles. The van der Waals surface area contributed by atoms with E-state index in [0.29, 0.717) is 37.7 Å². The van der Waals surface area contributed by atoms with Gasteiger partial charge in [-0.25, -0.2) is 4.98 Å². The predicted molar refractivity (Wildman–Crippen MR) is 117 cm³/mol. The lowest BCUT2D eigenvalue weighted by molar-refractivity contribution is -0.137. The summed E-state index contributed by atoms with van der Waals surface area (Å²) >= 11 is 0. The van der Waals surface area contributed by atoms with Crippen molar-refractivity contribution >= 4 is 17.7 Å². The van der Waals surface area contributed by atoms with E-state index in [2.05, 4.69) is 14.8 Å². The monoisotopic (exact) mass is 447 g/mol. The molecule has 2 aromatic rings. The molecule has 2 fully saturated rings. The highest BCUT2D eigenvalue weighted by Gasteiger charge is 2.30. The SMILES string of the molecule is Cc1cc(N2CCCCC2)nc(N2CCN(C(=O)Cc3ccc(C(F)(F)F)cc3)CC2)n1. The molecular weight excluding hydrogens is 419 g/mol. The Bertz CT molecular complexity index is 934. The highest BCUT2D eigenvalue weighted by molar-refractivity contribution is 5.79. The fourth-order valence-electron chi connectivity index (χ4n) is 4.22. The van der Waals surface area contributed by atoms with Gasteiger partial charge < -0.3 is 14.7 Å². The van der Waals surface area contributed by atoms with Gasteiger partial charge in [-0.3, -0.25) is 4.79 Å². The van der Waals surface area contributed by atoms with Crippen LogP contribution in [0.5, 0.6) is 0 Å². The zero-order chi connectivity index (χ0) is 22.7. The highest BCUT2D eigenvalue weighted by Crippen LogP contribution is 2.29. The Balaban J connectivity index is 1.34. The fourth-order valence-corrected chi connectivity index (χ4v) is 4.22. The first-order chi connectivity index (χ1) is 15.3. The summed E-state index contributed by atoms with van der Waals surface area (Å²) in [6.45, 7) is 6.33. The Morgan fingerprint density at radius 2 is 1.56 bits per heavy atom. The lowest BCUT2D eigenvalue weighted by Gasteiger charge is -2.35. The number of aryl methyl sites for hydroxylation is 1. The first kappa shape index (κ1) is 22.4. The van der Waals surface area contributed by atoms with Gasteiger partial charge in [0.1, 0.15) is 5.82 Å².